The highest BCUT2D eigenvalue weighted by molar-refractivity contribution is 7.99. The lowest BCUT2D eigenvalue weighted by Crippen LogP contribution is -1.79. The molecule has 0 spiro atoms. The molecular weight excluding hydrogens is 237 g/mol. The molecule has 74 valence electrons. The summed E-state index contributed by atoms with van der Waals surface area (Å²) in [5, 5.41) is 9.50. The topological polar surface area (TPSA) is 23.8 Å². The summed E-state index contributed by atoms with van der Waals surface area (Å²) < 4.78 is 0. The highest BCUT2D eigenvalue weighted by atomic mass is 35.5. The lowest BCUT2D eigenvalue weighted by Gasteiger charge is -2.01. The van der Waals surface area contributed by atoms with Gasteiger partial charge in [-0.05, 0) is 30.4 Å². The Kier molecular flexibility index (Phi) is 5.17. The van der Waals surface area contributed by atoms with E-state index in [4.69, 9.17) is 28.5 Å². The molecule has 0 radical (unpaired) electrons. The zero-order valence-corrected chi connectivity index (χ0v) is 9.79. The van der Waals surface area contributed by atoms with Crippen LogP contribution in [0.2, 0.25) is 10.0 Å². The van der Waals surface area contributed by atoms with Gasteiger partial charge >= 0.3 is 0 Å². The van der Waals surface area contributed by atoms with Crippen LogP contribution in [-0.2, 0) is 0 Å². The van der Waals surface area contributed by atoms with Gasteiger partial charge in [-0.1, -0.05) is 23.2 Å². The first kappa shape index (κ1) is 11.7. The number of benzene rings is 1. The van der Waals surface area contributed by atoms with Gasteiger partial charge in [0.25, 0.3) is 0 Å². The third kappa shape index (κ3) is 3.79. The van der Waals surface area contributed by atoms with Crippen LogP contribution in [0, 0.1) is 11.3 Å². The van der Waals surface area contributed by atoms with Crippen LogP contribution >= 0.6 is 35.0 Å². The predicted molar refractivity (Wildman–Crippen MR) is 62.0 cm³/mol. The van der Waals surface area contributed by atoms with E-state index < -0.39 is 0 Å². The second-order valence-corrected chi connectivity index (χ2v) is 4.67. The molecule has 0 aliphatic carbocycles. The van der Waals surface area contributed by atoms with Crippen molar-refractivity contribution in [2.24, 2.45) is 0 Å². The minimum Gasteiger partial charge on any atom is -0.198 e. The van der Waals surface area contributed by atoms with Crippen LogP contribution < -0.4 is 0 Å². The van der Waals surface area contributed by atoms with Gasteiger partial charge in [0, 0.05) is 11.3 Å². The minimum atomic E-state index is 0.577. The molecule has 0 aromatic heterocycles. The van der Waals surface area contributed by atoms with Crippen LogP contribution in [0.4, 0.5) is 0 Å². The average molecular weight is 246 g/mol. The highest BCUT2D eigenvalue weighted by Gasteiger charge is 1.99. The van der Waals surface area contributed by atoms with Crippen LogP contribution in [-0.4, -0.2) is 5.75 Å². The lowest BCUT2D eigenvalue weighted by molar-refractivity contribution is 0.981. The Bertz CT molecular complexity index is 346. The first-order valence-electron chi connectivity index (χ1n) is 4.19. The van der Waals surface area contributed by atoms with Gasteiger partial charge in [-0.25, -0.2) is 0 Å². The molecular formula is C10H9Cl2NS. The van der Waals surface area contributed by atoms with E-state index in [2.05, 4.69) is 6.07 Å². The molecule has 1 aromatic rings. The first-order valence-corrected chi connectivity index (χ1v) is 5.93. The summed E-state index contributed by atoms with van der Waals surface area (Å²) >= 11 is 13.3. The van der Waals surface area contributed by atoms with E-state index in [1.54, 1.807) is 17.8 Å². The molecule has 0 bridgehead atoms. The van der Waals surface area contributed by atoms with Gasteiger partial charge in [0.05, 0.1) is 16.1 Å². The number of unbranched alkanes of at least 4 members (excludes halogenated alkanes) is 1. The second kappa shape index (κ2) is 6.19. The zero-order chi connectivity index (χ0) is 10.4. The Morgan fingerprint density at radius 1 is 1.29 bits per heavy atom. The summed E-state index contributed by atoms with van der Waals surface area (Å²) in [7, 11) is 0. The normalized spacial score (nSPS) is 9.79. The van der Waals surface area contributed by atoms with Crippen molar-refractivity contribution in [3.8, 4) is 6.07 Å². The minimum absolute atomic E-state index is 0.577. The summed E-state index contributed by atoms with van der Waals surface area (Å²) in [6.07, 6.45) is 1.51. The van der Waals surface area contributed by atoms with Crippen LogP contribution in [0.15, 0.2) is 23.1 Å². The number of halogens is 2. The third-order valence-electron chi connectivity index (χ3n) is 1.59. The van der Waals surface area contributed by atoms with Gasteiger partial charge in [-0.3, -0.25) is 0 Å². The molecule has 1 nitrogen and oxygen atoms in total. The van der Waals surface area contributed by atoms with Crippen molar-refractivity contribution < 1.29 is 0 Å². The Hall–Kier alpha value is -0.360. The van der Waals surface area contributed by atoms with Gasteiger partial charge < -0.3 is 0 Å². The maximum Gasteiger partial charge on any atom is 0.0622 e. The van der Waals surface area contributed by atoms with Crippen molar-refractivity contribution in [1.82, 2.24) is 0 Å². The second-order valence-electron chi connectivity index (χ2n) is 2.69. The molecule has 0 amide bonds. The van der Waals surface area contributed by atoms with Crippen molar-refractivity contribution in [2.75, 3.05) is 5.75 Å². The summed E-state index contributed by atoms with van der Waals surface area (Å²) in [6.45, 7) is 0. The zero-order valence-electron chi connectivity index (χ0n) is 7.46. The van der Waals surface area contributed by atoms with E-state index in [1.807, 2.05) is 12.1 Å². The van der Waals surface area contributed by atoms with E-state index in [-0.39, 0.29) is 0 Å². The average Bonchev–Trinajstić information content (AvgIpc) is 2.18. The fraction of sp³-hybridized carbons (Fsp3) is 0.300. The van der Waals surface area contributed by atoms with Crippen molar-refractivity contribution in [3.63, 3.8) is 0 Å². The quantitative estimate of drug-likeness (QED) is 0.581. The molecule has 0 heterocycles. The summed E-state index contributed by atoms with van der Waals surface area (Å²) in [4.78, 5) is 1.09. The maximum atomic E-state index is 8.35. The number of thioether (sulfide) groups is 1. The van der Waals surface area contributed by atoms with Gasteiger partial charge in [-0.15, -0.1) is 11.8 Å². The van der Waals surface area contributed by atoms with Crippen LogP contribution in [0.25, 0.3) is 0 Å². The van der Waals surface area contributed by atoms with Crippen molar-refractivity contribution >= 4 is 35.0 Å². The number of rotatable bonds is 4. The smallest absolute Gasteiger partial charge is 0.0622 e. The molecule has 0 unspecified atom stereocenters. The van der Waals surface area contributed by atoms with Gasteiger partial charge in [-0.2, -0.15) is 5.26 Å². The van der Waals surface area contributed by atoms with Crippen molar-refractivity contribution in [1.29, 1.82) is 5.26 Å². The SMILES string of the molecule is N#CCCCSc1ccc(Cl)c(Cl)c1. The van der Waals surface area contributed by atoms with E-state index >= 15 is 0 Å². The largest absolute Gasteiger partial charge is 0.198 e. The Labute approximate surface area is 98.0 Å². The molecule has 14 heavy (non-hydrogen) atoms. The Morgan fingerprint density at radius 3 is 2.71 bits per heavy atom. The number of hydrogen-bond acceptors (Lipinski definition) is 2. The molecule has 0 aliphatic rings. The first-order chi connectivity index (χ1) is 6.74. The van der Waals surface area contributed by atoms with Crippen molar-refractivity contribution in [3.05, 3.63) is 28.2 Å². The molecule has 0 aliphatic heterocycles. The summed E-state index contributed by atoms with van der Waals surface area (Å²) in [6, 6.07) is 7.69. The molecule has 0 atom stereocenters. The molecule has 0 N–H and O–H groups in total. The Balaban J connectivity index is 2.44. The van der Waals surface area contributed by atoms with Gasteiger partial charge in [0.15, 0.2) is 0 Å². The summed E-state index contributed by atoms with van der Waals surface area (Å²) in [5.41, 5.74) is 0. The standard InChI is InChI=1S/C10H9Cl2NS/c11-9-4-3-8(7-10(9)12)14-6-2-1-5-13/h3-4,7H,1-2,6H2. The predicted octanol–water partition coefficient (Wildman–Crippen LogP) is 4.39. The number of hydrogen-bond donors (Lipinski definition) is 0. The van der Waals surface area contributed by atoms with Gasteiger partial charge in [0.1, 0.15) is 0 Å². The van der Waals surface area contributed by atoms with Crippen molar-refractivity contribution in [2.45, 2.75) is 17.7 Å². The van der Waals surface area contributed by atoms with Crippen LogP contribution in [0.1, 0.15) is 12.8 Å². The Morgan fingerprint density at radius 2 is 2.07 bits per heavy atom. The number of nitrogens with zero attached hydrogens (tertiary/aromatic N) is 1. The molecule has 0 fully saturated rings. The third-order valence-corrected chi connectivity index (χ3v) is 3.41. The molecule has 0 saturated carbocycles. The van der Waals surface area contributed by atoms with E-state index in [1.165, 1.54) is 0 Å². The van der Waals surface area contributed by atoms with E-state index in [0.717, 1.165) is 17.1 Å². The molecule has 0 saturated heterocycles. The molecule has 1 rings (SSSR count). The van der Waals surface area contributed by atoms with E-state index in [9.17, 15) is 0 Å². The van der Waals surface area contributed by atoms with Crippen LogP contribution in [0.3, 0.4) is 0 Å². The van der Waals surface area contributed by atoms with Crippen LogP contribution in [0.5, 0.6) is 0 Å². The fourth-order valence-corrected chi connectivity index (χ4v) is 2.16. The number of nitriles is 1. The van der Waals surface area contributed by atoms with E-state index in [0.29, 0.717) is 16.5 Å². The lowest BCUT2D eigenvalue weighted by atomic mass is 10.4. The summed E-state index contributed by atoms with van der Waals surface area (Å²) in [5.74, 6) is 0.936. The van der Waals surface area contributed by atoms with Gasteiger partial charge in [0.2, 0.25) is 0 Å². The monoisotopic (exact) mass is 245 g/mol. The highest BCUT2D eigenvalue weighted by Crippen LogP contribution is 2.28. The molecule has 1 aromatic carbocycles. The fourth-order valence-electron chi connectivity index (χ4n) is 0.908. The maximum absolute atomic E-state index is 8.35. The molecule has 4 heteroatoms.